The molecule has 18 heavy (non-hydrogen) atoms. The van der Waals surface area contributed by atoms with Crippen LogP contribution in [0.25, 0.3) is 0 Å². The second-order valence-electron chi connectivity index (χ2n) is 6.71. The van der Waals surface area contributed by atoms with Crippen molar-refractivity contribution in [3.8, 4) is 6.07 Å². The first-order chi connectivity index (χ1) is 8.42. The van der Waals surface area contributed by atoms with Crippen molar-refractivity contribution in [3.05, 3.63) is 0 Å². The van der Waals surface area contributed by atoms with E-state index in [4.69, 9.17) is 0 Å². The van der Waals surface area contributed by atoms with Crippen molar-refractivity contribution in [2.75, 3.05) is 13.6 Å². The molecular weight excluding hydrogens is 224 g/mol. The average molecular weight is 250 g/mol. The van der Waals surface area contributed by atoms with Crippen LogP contribution in [0.15, 0.2) is 0 Å². The Hall–Kier alpha value is -0.590. The molecule has 1 aliphatic heterocycles. The summed E-state index contributed by atoms with van der Waals surface area (Å²) in [4.78, 5) is 2.28. The molecule has 0 spiro atoms. The Labute approximate surface area is 111 Å². The second kappa shape index (κ2) is 4.83. The molecule has 0 bridgehead atoms. The summed E-state index contributed by atoms with van der Waals surface area (Å²) in [7, 11) is 2.10. The fraction of sp³-hybridized carbons (Fsp3) is 0.933. The van der Waals surface area contributed by atoms with Crippen LogP contribution in [0.2, 0.25) is 0 Å². The van der Waals surface area contributed by atoms with Crippen molar-refractivity contribution in [1.82, 2.24) is 4.90 Å². The molecule has 0 aromatic heterocycles. The molecule has 4 unspecified atom stereocenters. The lowest BCUT2D eigenvalue weighted by molar-refractivity contribution is -0.125. The zero-order valence-electron chi connectivity index (χ0n) is 11.9. The van der Waals surface area contributed by atoms with E-state index < -0.39 is 11.0 Å². The number of nitrogens with zero attached hydrogens (tertiary/aromatic N) is 2. The number of hydrogen-bond acceptors (Lipinski definition) is 3. The molecular formula is C15H26N2O. The van der Waals surface area contributed by atoms with Crippen LogP contribution in [0.1, 0.15) is 52.4 Å². The Morgan fingerprint density at radius 1 is 1.28 bits per heavy atom. The molecule has 1 saturated carbocycles. The van der Waals surface area contributed by atoms with Gasteiger partial charge in [0, 0.05) is 12.6 Å². The number of nitriles is 1. The van der Waals surface area contributed by atoms with E-state index >= 15 is 0 Å². The van der Waals surface area contributed by atoms with E-state index in [2.05, 4.69) is 31.9 Å². The predicted molar refractivity (Wildman–Crippen MR) is 72.0 cm³/mol. The minimum Gasteiger partial charge on any atom is -0.388 e. The van der Waals surface area contributed by atoms with E-state index in [-0.39, 0.29) is 0 Å². The van der Waals surface area contributed by atoms with Crippen molar-refractivity contribution < 1.29 is 5.11 Å². The van der Waals surface area contributed by atoms with Crippen LogP contribution in [0.4, 0.5) is 0 Å². The van der Waals surface area contributed by atoms with Gasteiger partial charge in [0.1, 0.15) is 0 Å². The standard InChI is InChI=1S/C15H26N2O/c1-12-5-4-6-14(9-12,11-16)15(18)7-8-17(3)13(2)10-15/h12-13,18H,4-10H2,1-3H3. The molecule has 2 aliphatic rings. The first-order valence-electron chi connectivity index (χ1n) is 7.26. The first kappa shape index (κ1) is 13.8. The fourth-order valence-electron chi connectivity index (χ4n) is 3.94. The van der Waals surface area contributed by atoms with Crippen LogP contribution in [-0.4, -0.2) is 35.2 Å². The van der Waals surface area contributed by atoms with Gasteiger partial charge in [0.2, 0.25) is 0 Å². The van der Waals surface area contributed by atoms with E-state index in [0.717, 1.165) is 38.6 Å². The summed E-state index contributed by atoms with van der Waals surface area (Å²) in [6.07, 6.45) is 5.52. The Morgan fingerprint density at radius 3 is 2.56 bits per heavy atom. The number of hydrogen-bond donors (Lipinski definition) is 1. The summed E-state index contributed by atoms with van der Waals surface area (Å²) >= 11 is 0. The lowest BCUT2D eigenvalue weighted by Gasteiger charge is -2.51. The van der Waals surface area contributed by atoms with Crippen LogP contribution in [-0.2, 0) is 0 Å². The summed E-state index contributed by atoms with van der Waals surface area (Å²) < 4.78 is 0. The monoisotopic (exact) mass is 250 g/mol. The Morgan fingerprint density at radius 2 is 2.00 bits per heavy atom. The maximum atomic E-state index is 11.1. The normalized spacial score (nSPS) is 46.6. The highest BCUT2D eigenvalue weighted by molar-refractivity contribution is 5.15. The summed E-state index contributed by atoms with van der Waals surface area (Å²) in [6, 6.07) is 2.89. The molecule has 1 saturated heterocycles. The van der Waals surface area contributed by atoms with Gasteiger partial charge >= 0.3 is 0 Å². The van der Waals surface area contributed by atoms with Gasteiger partial charge in [-0.3, -0.25) is 0 Å². The SMILES string of the molecule is CC1CCCC(C#N)(C2(O)CCN(C)C(C)C2)C1. The second-order valence-corrected chi connectivity index (χ2v) is 6.71. The van der Waals surface area contributed by atoms with E-state index in [1.807, 2.05) is 0 Å². The molecule has 102 valence electrons. The summed E-state index contributed by atoms with van der Waals surface area (Å²) in [6.45, 7) is 5.27. The average Bonchev–Trinajstić information content (AvgIpc) is 2.34. The zero-order valence-corrected chi connectivity index (χ0v) is 11.9. The number of aliphatic hydroxyl groups is 1. The number of rotatable bonds is 1. The van der Waals surface area contributed by atoms with Gasteiger partial charge < -0.3 is 10.0 Å². The molecule has 0 aromatic rings. The molecule has 2 rings (SSSR count). The molecule has 2 fully saturated rings. The summed E-state index contributed by atoms with van der Waals surface area (Å²) in [5.41, 5.74) is -1.28. The smallest absolute Gasteiger partial charge is 0.0863 e. The van der Waals surface area contributed by atoms with Gasteiger partial charge in [-0.2, -0.15) is 5.26 Å². The lowest BCUT2D eigenvalue weighted by Crippen LogP contribution is -2.57. The van der Waals surface area contributed by atoms with E-state index in [9.17, 15) is 10.4 Å². The largest absolute Gasteiger partial charge is 0.388 e. The lowest BCUT2D eigenvalue weighted by atomic mass is 9.58. The third-order valence-electron chi connectivity index (χ3n) is 5.37. The van der Waals surface area contributed by atoms with Crippen molar-refractivity contribution in [1.29, 1.82) is 5.26 Å². The van der Waals surface area contributed by atoms with Gasteiger partial charge in [-0.15, -0.1) is 0 Å². The highest BCUT2D eigenvalue weighted by Crippen LogP contribution is 2.51. The maximum Gasteiger partial charge on any atom is 0.0863 e. The van der Waals surface area contributed by atoms with Gasteiger partial charge in [-0.25, -0.2) is 0 Å². The van der Waals surface area contributed by atoms with Crippen LogP contribution in [0.3, 0.4) is 0 Å². The number of piperidine rings is 1. The van der Waals surface area contributed by atoms with Gasteiger partial charge in [-0.05, 0) is 45.6 Å². The van der Waals surface area contributed by atoms with E-state index in [1.54, 1.807) is 0 Å². The van der Waals surface area contributed by atoms with Crippen molar-refractivity contribution in [3.63, 3.8) is 0 Å². The van der Waals surface area contributed by atoms with Crippen LogP contribution < -0.4 is 0 Å². The molecule has 0 radical (unpaired) electrons. The van der Waals surface area contributed by atoms with Gasteiger partial charge in [0.15, 0.2) is 0 Å². The molecule has 3 nitrogen and oxygen atoms in total. The quantitative estimate of drug-likeness (QED) is 0.778. The first-order valence-corrected chi connectivity index (χ1v) is 7.26. The van der Waals surface area contributed by atoms with Crippen LogP contribution in [0.5, 0.6) is 0 Å². The Bertz CT molecular complexity index is 351. The summed E-state index contributed by atoms with van der Waals surface area (Å²) in [5, 5.41) is 20.8. The maximum absolute atomic E-state index is 11.1. The molecule has 0 amide bonds. The topological polar surface area (TPSA) is 47.3 Å². The van der Waals surface area contributed by atoms with Gasteiger partial charge in [-0.1, -0.05) is 19.8 Å². The molecule has 3 heteroatoms. The van der Waals surface area contributed by atoms with Crippen LogP contribution >= 0.6 is 0 Å². The van der Waals surface area contributed by atoms with Crippen LogP contribution in [0, 0.1) is 22.7 Å². The molecule has 1 heterocycles. The van der Waals surface area contributed by atoms with E-state index in [0.29, 0.717) is 12.0 Å². The van der Waals surface area contributed by atoms with Gasteiger partial charge in [0.25, 0.3) is 0 Å². The number of likely N-dealkylation sites (tertiary alicyclic amines) is 1. The highest BCUT2D eigenvalue weighted by Gasteiger charge is 2.54. The highest BCUT2D eigenvalue weighted by atomic mass is 16.3. The third kappa shape index (κ3) is 2.17. The third-order valence-corrected chi connectivity index (χ3v) is 5.37. The van der Waals surface area contributed by atoms with Gasteiger partial charge in [0.05, 0.1) is 17.1 Å². The fourth-order valence-corrected chi connectivity index (χ4v) is 3.94. The predicted octanol–water partition coefficient (Wildman–Crippen LogP) is 2.55. The zero-order chi connectivity index (χ0) is 13.4. The Kier molecular flexibility index (Phi) is 3.71. The van der Waals surface area contributed by atoms with Crippen molar-refractivity contribution >= 4 is 0 Å². The minimum atomic E-state index is -0.775. The molecule has 1 aliphatic carbocycles. The van der Waals surface area contributed by atoms with Crippen molar-refractivity contribution in [2.45, 2.75) is 64.0 Å². The Balaban J connectivity index is 2.24. The van der Waals surface area contributed by atoms with Crippen molar-refractivity contribution in [2.24, 2.45) is 11.3 Å². The van der Waals surface area contributed by atoms with E-state index in [1.165, 1.54) is 6.42 Å². The molecule has 1 N–H and O–H groups in total. The summed E-state index contributed by atoms with van der Waals surface area (Å²) in [5.74, 6) is 0.567. The minimum absolute atomic E-state index is 0.367. The molecule has 4 atom stereocenters. The molecule has 0 aromatic carbocycles.